The van der Waals surface area contributed by atoms with Crippen LogP contribution in [0.5, 0.6) is 0 Å². The van der Waals surface area contributed by atoms with Gasteiger partial charge in [0.1, 0.15) is 0 Å². The van der Waals surface area contributed by atoms with E-state index in [4.69, 9.17) is 0 Å². The number of benzene rings is 1. The lowest BCUT2D eigenvalue weighted by atomic mass is 9.88. The Bertz CT molecular complexity index is 678. The van der Waals surface area contributed by atoms with E-state index < -0.39 is 0 Å². The molecule has 0 atom stereocenters. The third kappa shape index (κ3) is 2.43. The minimum atomic E-state index is 0.171. The molecule has 2 aliphatic carbocycles. The van der Waals surface area contributed by atoms with E-state index in [0.29, 0.717) is 0 Å². The number of nitrogens with one attached hydrogen (secondary N) is 2. The number of amides is 1. The van der Waals surface area contributed by atoms with Crippen molar-refractivity contribution in [2.24, 2.45) is 5.92 Å². The van der Waals surface area contributed by atoms with E-state index in [9.17, 15) is 4.79 Å². The van der Waals surface area contributed by atoms with Crippen molar-refractivity contribution >= 4 is 16.8 Å². The third-order valence-electron chi connectivity index (χ3n) is 5.59. The Labute approximate surface area is 131 Å². The van der Waals surface area contributed by atoms with Crippen molar-refractivity contribution in [3.8, 4) is 0 Å². The monoisotopic (exact) mass is 296 g/mol. The molecular weight excluding hydrogens is 272 g/mol. The highest BCUT2D eigenvalue weighted by Crippen LogP contribution is 2.50. The molecule has 1 heterocycles. The molecule has 3 nitrogen and oxygen atoms in total. The fourth-order valence-electron chi connectivity index (χ4n) is 3.97. The van der Waals surface area contributed by atoms with Gasteiger partial charge >= 0.3 is 0 Å². The third-order valence-corrected chi connectivity index (χ3v) is 5.59. The van der Waals surface area contributed by atoms with E-state index in [1.807, 2.05) is 0 Å². The molecule has 2 fully saturated rings. The van der Waals surface area contributed by atoms with Gasteiger partial charge in [-0.1, -0.05) is 37.5 Å². The number of hydrogen-bond acceptors (Lipinski definition) is 1. The second-order valence-corrected chi connectivity index (χ2v) is 7.08. The van der Waals surface area contributed by atoms with E-state index in [0.717, 1.165) is 19.4 Å². The second kappa shape index (κ2) is 5.45. The van der Waals surface area contributed by atoms with E-state index in [1.165, 1.54) is 48.6 Å². The summed E-state index contributed by atoms with van der Waals surface area (Å²) in [6.45, 7) is 0.796. The topological polar surface area (TPSA) is 44.9 Å². The zero-order valence-electron chi connectivity index (χ0n) is 13.0. The number of aromatic amines is 1. The largest absolute Gasteiger partial charge is 0.361 e. The molecular formula is C19H24N2O. The summed E-state index contributed by atoms with van der Waals surface area (Å²) in [6, 6.07) is 8.46. The van der Waals surface area contributed by atoms with Gasteiger partial charge in [-0.3, -0.25) is 4.79 Å². The van der Waals surface area contributed by atoms with Crippen LogP contribution >= 0.6 is 0 Å². The van der Waals surface area contributed by atoms with E-state index in [-0.39, 0.29) is 17.2 Å². The highest BCUT2D eigenvalue weighted by atomic mass is 16.1. The number of aromatic nitrogens is 1. The Kier molecular flexibility index (Phi) is 3.44. The summed E-state index contributed by atoms with van der Waals surface area (Å²) in [7, 11) is 0. The van der Waals surface area contributed by atoms with Gasteiger partial charge in [0, 0.05) is 35.0 Å². The van der Waals surface area contributed by atoms with Crippen LogP contribution in [0.15, 0.2) is 30.5 Å². The number of carbonyl (C=O) groups is 1. The summed E-state index contributed by atoms with van der Waals surface area (Å²) in [4.78, 5) is 15.8. The molecule has 2 saturated carbocycles. The van der Waals surface area contributed by atoms with Crippen molar-refractivity contribution in [1.29, 1.82) is 0 Å². The summed E-state index contributed by atoms with van der Waals surface area (Å²) in [5, 5.41) is 4.57. The zero-order chi connectivity index (χ0) is 15.0. The average Bonchev–Trinajstić information content (AvgIpc) is 3.24. The first-order chi connectivity index (χ1) is 10.8. The molecule has 2 aliphatic rings. The number of hydrogen-bond donors (Lipinski definition) is 2. The molecule has 116 valence electrons. The van der Waals surface area contributed by atoms with Crippen LogP contribution in [0.4, 0.5) is 0 Å². The first kappa shape index (κ1) is 13.9. The molecule has 0 radical (unpaired) electrons. The number of H-pyrrole nitrogens is 1. The molecule has 3 heteroatoms. The standard InChI is InChI=1S/C19H24N2O/c22-18(14-6-2-1-3-7-14)21-13-19(10-11-19)16-12-20-17-9-5-4-8-15(16)17/h4-5,8-9,12,14,20H,1-3,6-7,10-11,13H2,(H,21,22). The second-order valence-electron chi connectivity index (χ2n) is 7.08. The smallest absolute Gasteiger partial charge is 0.223 e. The fraction of sp³-hybridized carbons (Fsp3) is 0.526. The van der Waals surface area contributed by atoms with Crippen LogP contribution in [0, 0.1) is 5.92 Å². The summed E-state index contributed by atoms with van der Waals surface area (Å²) in [5.41, 5.74) is 2.75. The molecule has 0 bridgehead atoms. The predicted molar refractivity (Wildman–Crippen MR) is 88.8 cm³/mol. The first-order valence-electron chi connectivity index (χ1n) is 8.63. The Morgan fingerprint density at radius 2 is 1.95 bits per heavy atom. The van der Waals surface area contributed by atoms with Crippen LogP contribution in [-0.2, 0) is 10.2 Å². The lowest BCUT2D eigenvalue weighted by molar-refractivity contribution is -0.126. The minimum absolute atomic E-state index is 0.171. The number of carbonyl (C=O) groups excluding carboxylic acids is 1. The van der Waals surface area contributed by atoms with Crippen molar-refractivity contribution < 1.29 is 4.79 Å². The van der Waals surface area contributed by atoms with Crippen LogP contribution in [0.25, 0.3) is 10.9 Å². The van der Waals surface area contributed by atoms with Gasteiger partial charge in [0.25, 0.3) is 0 Å². The van der Waals surface area contributed by atoms with E-state index >= 15 is 0 Å². The molecule has 1 aromatic heterocycles. The summed E-state index contributed by atoms with van der Waals surface area (Å²) < 4.78 is 0. The highest BCUT2D eigenvalue weighted by molar-refractivity contribution is 5.85. The Morgan fingerprint density at radius 1 is 1.18 bits per heavy atom. The summed E-state index contributed by atoms with van der Waals surface area (Å²) in [5.74, 6) is 0.540. The van der Waals surface area contributed by atoms with Gasteiger partial charge in [-0.25, -0.2) is 0 Å². The van der Waals surface area contributed by atoms with Crippen molar-refractivity contribution in [2.75, 3.05) is 6.54 Å². The van der Waals surface area contributed by atoms with Gasteiger partial charge < -0.3 is 10.3 Å². The Morgan fingerprint density at radius 3 is 2.73 bits per heavy atom. The van der Waals surface area contributed by atoms with Crippen LogP contribution in [0.2, 0.25) is 0 Å². The fourth-order valence-corrected chi connectivity index (χ4v) is 3.97. The molecule has 2 aromatic rings. The maximum absolute atomic E-state index is 12.4. The average molecular weight is 296 g/mol. The molecule has 0 saturated heterocycles. The van der Waals surface area contributed by atoms with Gasteiger partial charge in [0.05, 0.1) is 0 Å². The van der Waals surface area contributed by atoms with Gasteiger partial charge in [0.2, 0.25) is 5.91 Å². The van der Waals surface area contributed by atoms with Gasteiger partial charge in [-0.15, -0.1) is 0 Å². The molecule has 4 rings (SSSR count). The van der Waals surface area contributed by atoms with Crippen LogP contribution in [0.1, 0.15) is 50.5 Å². The maximum Gasteiger partial charge on any atom is 0.223 e. The molecule has 1 aromatic carbocycles. The van der Waals surface area contributed by atoms with Crippen LogP contribution in [-0.4, -0.2) is 17.4 Å². The Hall–Kier alpha value is -1.77. The SMILES string of the molecule is O=C(NCC1(c2c[nH]c3ccccc23)CC1)C1CCCCC1. The molecule has 2 N–H and O–H groups in total. The van der Waals surface area contributed by atoms with Crippen molar-refractivity contribution in [3.63, 3.8) is 0 Å². The van der Waals surface area contributed by atoms with E-state index in [1.54, 1.807) is 0 Å². The van der Waals surface area contributed by atoms with Crippen LogP contribution in [0.3, 0.4) is 0 Å². The number of para-hydroxylation sites is 1. The maximum atomic E-state index is 12.4. The molecule has 0 spiro atoms. The van der Waals surface area contributed by atoms with E-state index in [2.05, 4.69) is 40.8 Å². The van der Waals surface area contributed by atoms with Crippen molar-refractivity contribution in [3.05, 3.63) is 36.0 Å². The molecule has 22 heavy (non-hydrogen) atoms. The lowest BCUT2D eigenvalue weighted by Gasteiger charge is -2.23. The highest BCUT2D eigenvalue weighted by Gasteiger charge is 2.46. The molecule has 0 unspecified atom stereocenters. The summed E-state index contributed by atoms with van der Waals surface area (Å²) in [6.07, 6.45) is 10.4. The normalized spacial score (nSPS) is 20.9. The Balaban J connectivity index is 1.47. The number of fused-ring (bicyclic) bond motifs is 1. The van der Waals surface area contributed by atoms with Crippen LogP contribution < -0.4 is 5.32 Å². The predicted octanol–water partition coefficient (Wildman–Crippen LogP) is 3.90. The van der Waals surface area contributed by atoms with Crippen molar-refractivity contribution in [2.45, 2.75) is 50.4 Å². The van der Waals surface area contributed by atoms with Gasteiger partial charge in [-0.05, 0) is 37.3 Å². The van der Waals surface area contributed by atoms with Gasteiger partial charge in [-0.2, -0.15) is 0 Å². The quantitative estimate of drug-likeness (QED) is 0.883. The number of rotatable bonds is 4. The minimum Gasteiger partial charge on any atom is -0.361 e. The molecule has 0 aliphatic heterocycles. The first-order valence-corrected chi connectivity index (χ1v) is 8.63. The van der Waals surface area contributed by atoms with Crippen molar-refractivity contribution in [1.82, 2.24) is 10.3 Å². The van der Waals surface area contributed by atoms with Gasteiger partial charge in [0.15, 0.2) is 0 Å². The zero-order valence-corrected chi connectivity index (χ0v) is 13.0. The lowest BCUT2D eigenvalue weighted by Crippen LogP contribution is -2.37. The summed E-state index contributed by atoms with van der Waals surface area (Å²) >= 11 is 0. The molecule has 1 amide bonds.